The quantitative estimate of drug-likeness (QED) is 0.875. The molecule has 2 heterocycles. The van der Waals surface area contributed by atoms with E-state index in [-0.39, 0.29) is 11.4 Å². The molecule has 0 aromatic heterocycles. The van der Waals surface area contributed by atoms with Crippen molar-refractivity contribution in [3.05, 3.63) is 28.8 Å². The van der Waals surface area contributed by atoms with Crippen molar-refractivity contribution in [2.75, 3.05) is 32.8 Å². The van der Waals surface area contributed by atoms with Gasteiger partial charge in [-0.2, -0.15) is 0 Å². The highest BCUT2D eigenvalue weighted by Crippen LogP contribution is 2.34. The van der Waals surface area contributed by atoms with E-state index in [0.29, 0.717) is 18.0 Å². The van der Waals surface area contributed by atoms with Gasteiger partial charge in [-0.15, -0.1) is 0 Å². The number of hydrogen-bond acceptors (Lipinski definition) is 4. The summed E-state index contributed by atoms with van der Waals surface area (Å²) in [5.41, 5.74) is 1.09. The molecule has 0 radical (unpaired) electrons. The van der Waals surface area contributed by atoms with Gasteiger partial charge in [-0.1, -0.05) is 30.9 Å². The molecule has 1 aromatic carbocycles. The van der Waals surface area contributed by atoms with Gasteiger partial charge < -0.3 is 14.8 Å². The van der Waals surface area contributed by atoms with Crippen LogP contribution in [-0.4, -0.2) is 55.3 Å². The molecule has 5 nitrogen and oxygen atoms in total. The van der Waals surface area contributed by atoms with Gasteiger partial charge in [0.25, 0.3) is 5.91 Å². The second-order valence-corrected chi connectivity index (χ2v) is 8.10. The van der Waals surface area contributed by atoms with Gasteiger partial charge in [-0.3, -0.25) is 9.69 Å². The van der Waals surface area contributed by atoms with Crippen LogP contribution in [0, 0.1) is 0 Å². The zero-order valence-electron chi connectivity index (χ0n) is 15.1. The number of rotatable bonds is 4. The van der Waals surface area contributed by atoms with Crippen LogP contribution in [0.25, 0.3) is 0 Å². The fraction of sp³-hybridized carbons (Fsp3) is 0.650. The van der Waals surface area contributed by atoms with Crippen LogP contribution in [0.1, 0.15) is 37.7 Å². The van der Waals surface area contributed by atoms with Crippen molar-refractivity contribution in [3.8, 4) is 5.75 Å². The van der Waals surface area contributed by atoms with Crippen molar-refractivity contribution < 1.29 is 14.3 Å². The van der Waals surface area contributed by atoms with Crippen LogP contribution < -0.4 is 10.1 Å². The number of fused-ring (bicyclic) bond motifs is 1. The van der Waals surface area contributed by atoms with Crippen LogP contribution in [0.4, 0.5) is 0 Å². The summed E-state index contributed by atoms with van der Waals surface area (Å²) < 4.78 is 11.4. The topological polar surface area (TPSA) is 50.8 Å². The van der Waals surface area contributed by atoms with Crippen molar-refractivity contribution in [3.63, 3.8) is 0 Å². The third-order valence-corrected chi connectivity index (χ3v) is 6.28. The summed E-state index contributed by atoms with van der Waals surface area (Å²) in [4.78, 5) is 15.3. The Morgan fingerprint density at radius 3 is 2.77 bits per heavy atom. The van der Waals surface area contributed by atoms with E-state index < -0.39 is 6.10 Å². The Balaban J connectivity index is 1.39. The third kappa shape index (κ3) is 3.71. The highest BCUT2D eigenvalue weighted by molar-refractivity contribution is 6.30. The van der Waals surface area contributed by atoms with Gasteiger partial charge in [0.15, 0.2) is 6.10 Å². The third-order valence-electron chi connectivity index (χ3n) is 6.05. The molecule has 2 aliphatic heterocycles. The van der Waals surface area contributed by atoms with E-state index in [0.717, 1.165) is 50.5 Å². The summed E-state index contributed by atoms with van der Waals surface area (Å²) in [6.45, 7) is 4.19. The van der Waals surface area contributed by atoms with Gasteiger partial charge in [-0.25, -0.2) is 0 Å². The van der Waals surface area contributed by atoms with Crippen molar-refractivity contribution in [2.45, 2.75) is 50.2 Å². The molecule has 26 heavy (non-hydrogen) atoms. The van der Waals surface area contributed by atoms with Crippen LogP contribution in [-0.2, 0) is 16.0 Å². The van der Waals surface area contributed by atoms with Crippen LogP contribution in [0.3, 0.4) is 0 Å². The number of amides is 1. The summed E-state index contributed by atoms with van der Waals surface area (Å²) in [7, 11) is 0. The Labute approximate surface area is 160 Å². The number of ether oxygens (including phenoxy) is 2. The zero-order valence-corrected chi connectivity index (χ0v) is 15.9. The molecule has 0 unspecified atom stereocenters. The molecular formula is C20H27ClN2O3. The molecular weight excluding hydrogens is 352 g/mol. The molecule has 3 aliphatic rings. The maximum atomic E-state index is 12.8. The zero-order chi connectivity index (χ0) is 18.0. The lowest BCUT2D eigenvalue weighted by atomic mass is 9.79. The molecule has 6 heteroatoms. The first-order chi connectivity index (χ1) is 12.7. The second kappa shape index (κ2) is 7.75. The summed E-state index contributed by atoms with van der Waals surface area (Å²) in [6.07, 6.45) is 6.19. The maximum absolute atomic E-state index is 12.8. The van der Waals surface area contributed by atoms with Gasteiger partial charge in [0.2, 0.25) is 0 Å². The van der Waals surface area contributed by atoms with Crippen molar-refractivity contribution in [1.29, 1.82) is 0 Å². The average molecular weight is 379 g/mol. The van der Waals surface area contributed by atoms with Crippen molar-refractivity contribution in [1.82, 2.24) is 10.2 Å². The highest BCUT2D eigenvalue weighted by Gasteiger charge is 2.40. The van der Waals surface area contributed by atoms with Crippen LogP contribution in [0.2, 0.25) is 5.02 Å². The Kier molecular flexibility index (Phi) is 5.39. The van der Waals surface area contributed by atoms with Crippen LogP contribution in [0.5, 0.6) is 5.75 Å². The minimum absolute atomic E-state index is 0.0180. The number of carbonyl (C=O) groups excluding carboxylic acids is 1. The van der Waals surface area contributed by atoms with Crippen molar-refractivity contribution in [2.24, 2.45) is 0 Å². The lowest BCUT2D eigenvalue weighted by Crippen LogP contribution is -2.60. The largest absolute Gasteiger partial charge is 0.480 e. The fourth-order valence-corrected chi connectivity index (χ4v) is 4.78. The molecule has 1 aromatic rings. The van der Waals surface area contributed by atoms with Gasteiger partial charge in [-0.05, 0) is 36.6 Å². The van der Waals surface area contributed by atoms with E-state index in [9.17, 15) is 4.79 Å². The van der Waals surface area contributed by atoms with E-state index in [1.807, 2.05) is 12.1 Å². The van der Waals surface area contributed by atoms with Crippen molar-refractivity contribution >= 4 is 17.5 Å². The van der Waals surface area contributed by atoms with E-state index >= 15 is 0 Å². The molecule has 1 saturated carbocycles. The fourth-order valence-electron chi connectivity index (χ4n) is 4.58. The van der Waals surface area contributed by atoms with E-state index in [2.05, 4.69) is 10.2 Å². The number of nitrogens with one attached hydrogen (secondary N) is 1. The monoisotopic (exact) mass is 378 g/mol. The maximum Gasteiger partial charge on any atom is 0.261 e. The number of morpholine rings is 1. The molecule has 142 valence electrons. The Morgan fingerprint density at radius 2 is 2.00 bits per heavy atom. The molecule has 2 fully saturated rings. The predicted molar refractivity (Wildman–Crippen MR) is 101 cm³/mol. The van der Waals surface area contributed by atoms with Crippen LogP contribution >= 0.6 is 11.6 Å². The average Bonchev–Trinajstić information content (AvgIpc) is 3.11. The SMILES string of the molecule is O=C(NCC1(N2CCOCC2)CCCCC1)[C@@H]1Cc2cc(Cl)ccc2O1. The van der Waals surface area contributed by atoms with Gasteiger partial charge >= 0.3 is 0 Å². The molecule has 1 saturated heterocycles. The number of halogens is 1. The first-order valence-corrected chi connectivity index (χ1v) is 10.1. The van der Waals surface area contributed by atoms with E-state index in [4.69, 9.17) is 21.1 Å². The van der Waals surface area contributed by atoms with E-state index in [1.165, 1.54) is 19.3 Å². The Bertz CT molecular complexity index is 654. The smallest absolute Gasteiger partial charge is 0.261 e. The Morgan fingerprint density at radius 1 is 1.23 bits per heavy atom. The van der Waals surface area contributed by atoms with Gasteiger partial charge in [0.05, 0.1) is 13.2 Å². The van der Waals surface area contributed by atoms with Crippen LogP contribution in [0.15, 0.2) is 18.2 Å². The molecule has 0 spiro atoms. The second-order valence-electron chi connectivity index (χ2n) is 7.66. The number of benzene rings is 1. The van der Waals surface area contributed by atoms with E-state index in [1.54, 1.807) is 6.07 Å². The predicted octanol–water partition coefficient (Wildman–Crippen LogP) is 2.79. The standard InChI is InChI=1S/C20H27ClN2O3/c21-16-4-5-17-15(12-16)13-18(26-17)19(24)22-14-20(6-2-1-3-7-20)23-8-10-25-11-9-23/h4-5,12,18H,1-3,6-11,13-14H2,(H,22,24)/t18-/m0/s1. The summed E-state index contributed by atoms with van der Waals surface area (Å²) in [5.74, 6) is 0.755. The first kappa shape index (κ1) is 18.1. The molecule has 4 rings (SSSR count). The highest BCUT2D eigenvalue weighted by atomic mass is 35.5. The minimum Gasteiger partial charge on any atom is -0.480 e. The molecule has 1 amide bonds. The number of carbonyl (C=O) groups is 1. The Hall–Kier alpha value is -1.30. The lowest BCUT2D eigenvalue weighted by molar-refractivity contribution is -0.128. The number of hydrogen-bond donors (Lipinski definition) is 1. The molecule has 1 atom stereocenters. The molecule has 0 bridgehead atoms. The summed E-state index contributed by atoms with van der Waals surface area (Å²) >= 11 is 6.05. The summed E-state index contributed by atoms with van der Waals surface area (Å²) in [6, 6.07) is 5.54. The lowest BCUT2D eigenvalue weighted by Gasteiger charge is -2.48. The first-order valence-electron chi connectivity index (χ1n) is 9.72. The molecule has 1 N–H and O–H groups in total. The van der Waals surface area contributed by atoms with Gasteiger partial charge in [0.1, 0.15) is 5.75 Å². The summed E-state index contributed by atoms with van der Waals surface area (Å²) in [5, 5.41) is 3.88. The normalized spacial score (nSPS) is 25.3. The number of nitrogens with zero attached hydrogens (tertiary/aromatic N) is 1. The molecule has 1 aliphatic carbocycles. The minimum atomic E-state index is -0.450. The van der Waals surface area contributed by atoms with Gasteiger partial charge in [0, 0.05) is 36.6 Å².